The van der Waals surface area contributed by atoms with Gasteiger partial charge in [0.2, 0.25) is 10.0 Å². The van der Waals surface area contributed by atoms with Crippen molar-refractivity contribution in [1.82, 2.24) is 9.71 Å². The van der Waals surface area contributed by atoms with Crippen molar-refractivity contribution in [3.05, 3.63) is 16.7 Å². The Morgan fingerprint density at radius 3 is 2.75 bits per heavy atom. The van der Waals surface area contributed by atoms with Crippen molar-refractivity contribution in [2.75, 3.05) is 24.7 Å². The molecule has 2 rings (SSSR count). The Balaban J connectivity index is 2.21. The second kappa shape index (κ2) is 6.21. The normalized spacial score (nSPS) is 16.9. The lowest BCUT2D eigenvalue weighted by atomic mass is 10.4. The number of anilines is 1. The maximum Gasteiger partial charge on any atom is 0.244 e. The van der Waals surface area contributed by atoms with E-state index in [-0.39, 0.29) is 9.64 Å². The SMILES string of the molecule is CCNc1ncc(Br)cc1S(=O)(=O)NCC1(SC)CC1. The lowest BCUT2D eigenvalue weighted by Gasteiger charge is -2.15. The van der Waals surface area contributed by atoms with E-state index in [9.17, 15) is 8.42 Å². The highest BCUT2D eigenvalue weighted by Crippen LogP contribution is 2.46. The molecule has 1 heterocycles. The highest BCUT2D eigenvalue weighted by Gasteiger charge is 2.42. The van der Waals surface area contributed by atoms with Gasteiger partial charge in [0, 0.05) is 28.5 Å². The van der Waals surface area contributed by atoms with Crippen LogP contribution in [0.4, 0.5) is 5.82 Å². The van der Waals surface area contributed by atoms with Gasteiger partial charge in [-0.25, -0.2) is 18.1 Å². The molecule has 1 aromatic heterocycles. The van der Waals surface area contributed by atoms with Crippen LogP contribution in [0.25, 0.3) is 0 Å². The summed E-state index contributed by atoms with van der Waals surface area (Å²) in [5.74, 6) is 0.386. The Labute approximate surface area is 132 Å². The third kappa shape index (κ3) is 3.66. The topological polar surface area (TPSA) is 71.1 Å². The summed E-state index contributed by atoms with van der Waals surface area (Å²) in [4.78, 5) is 4.32. The number of sulfonamides is 1. The van der Waals surface area contributed by atoms with E-state index in [0.29, 0.717) is 23.4 Å². The molecule has 1 aliphatic carbocycles. The quantitative estimate of drug-likeness (QED) is 0.761. The van der Waals surface area contributed by atoms with Crippen LogP contribution in [0.15, 0.2) is 21.6 Å². The van der Waals surface area contributed by atoms with Gasteiger partial charge in [-0.3, -0.25) is 0 Å². The zero-order valence-electron chi connectivity index (χ0n) is 11.4. The summed E-state index contributed by atoms with van der Waals surface area (Å²) >= 11 is 4.99. The summed E-state index contributed by atoms with van der Waals surface area (Å²) in [6, 6.07) is 1.58. The average Bonchev–Trinajstić information content (AvgIpc) is 3.20. The van der Waals surface area contributed by atoms with Crippen LogP contribution in [0.3, 0.4) is 0 Å². The summed E-state index contributed by atoms with van der Waals surface area (Å²) in [6.07, 6.45) is 5.73. The fraction of sp³-hybridized carbons (Fsp3) is 0.583. The molecule has 0 bridgehead atoms. The number of nitrogens with zero attached hydrogens (tertiary/aromatic N) is 1. The van der Waals surface area contributed by atoms with Gasteiger partial charge in [-0.15, -0.1) is 0 Å². The predicted molar refractivity (Wildman–Crippen MR) is 86.8 cm³/mol. The molecule has 8 heteroatoms. The van der Waals surface area contributed by atoms with Crippen molar-refractivity contribution >= 4 is 43.5 Å². The van der Waals surface area contributed by atoms with E-state index in [0.717, 1.165) is 12.8 Å². The molecule has 0 aromatic carbocycles. The third-order valence-electron chi connectivity index (χ3n) is 3.28. The number of hydrogen-bond donors (Lipinski definition) is 2. The Morgan fingerprint density at radius 1 is 1.50 bits per heavy atom. The number of pyridine rings is 1. The fourth-order valence-corrected chi connectivity index (χ4v) is 4.41. The molecule has 1 saturated carbocycles. The van der Waals surface area contributed by atoms with Crippen molar-refractivity contribution in [3.8, 4) is 0 Å². The highest BCUT2D eigenvalue weighted by molar-refractivity contribution is 9.10. The van der Waals surface area contributed by atoms with Gasteiger partial charge in [0.25, 0.3) is 0 Å². The Kier molecular flexibility index (Phi) is 4.99. The summed E-state index contributed by atoms with van der Waals surface area (Å²) in [7, 11) is -3.56. The minimum atomic E-state index is -3.56. The number of nitrogens with one attached hydrogen (secondary N) is 2. The third-order valence-corrected chi connectivity index (χ3v) is 6.55. The first kappa shape index (κ1) is 16.1. The van der Waals surface area contributed by atoms with Crippen LogP contribution in [0.5, 0.6) is 0 Å². The van der Waals surface area contributed by atoms with Gasteiger partial charge in [0.15, 0.2) is 0 Å². The van der Waals surface area contributed by atoms with E-state index in [1.165, 1.54) is 0 Å². The number of aromatic nitrogens is 1. The van der Waals surface area contributed by atoms with E-state index < -0.39 is 10.0 Å². The number of halogens is 1. The second-order valence-electron chi connectivity index (χ2n) is 4.74. The smallest absolute Gasteiger partial charge is 0.244 e. The largest absolute Gasteiger partial charge is 0.369 e. The van der Waals surface area contributed by atoms with Gasteiger partial charge in [0.05, 0.1) is 0 Å². The van der Waals surface area contributed by atoms with Crippen LogP contribution in [0, 0.1) is 0 Å². The summed E-state index contributed by atoms with van der Waals surface area (Å²) in [6.45, 7) is 2.99. The molecule has 0 unspecified atom stereocenters. The molecule has 0 radical (unpaired) electrons. The van der Waals surface area contributed by atoms with Crippen LogP contribution >= 0.6 is 27.7 Å². The van der Waals surface area contributed by atoms with Gasteiger partial charge >= 0.3 is 0 Å². The lowest BCUT2D eigenvalue weighted by molar-refractivity contribution is 0.579. The van der Waals surface area contributed by atoms with E-state index in [1.807, 2.05) is 13.2 Å². The number of rotatable bonds is 7. The van der Waals surface area contributed by atoms with Crippen molar-refractivity contribution in [2.24, 2.45) is 0 Å². The van der Waals surface area contributed by atoms with Gasteiger partial charge in [-0.05, 0) is 48.0 Å². The molecule has 0 aliphatic heterocycles. The van der Waals surface area contributed by atoms with Gasteiger partial charge in [-0.2, -0.15) is 11.8 Å². The van der Waals surface area contributed by atoms with E-state index in [2.05, 4.69) is 31.0 Å². The second-order valence-corrected chi connectivity index (χ2v) is 8.67. The summed E-state index contributed by atoms with van der Waals surface area (Å²) in [5, 5.41) is 2.98. The zero-order chi connectivity index (χ0) is 14.8. The molecule has 20 heavy (non-hydrogen) atoms. The van der Waals surface area contributed by atoms with Crippen molar-refractivity contribution in [3.63, 3.8) is 0 Å². The Hall–Kier alpha value is -0.310. The van der Waals surface area contributed by atoms with E-state index in [1.54, 1.807) is 24.0 Å². The summed E-state index contributed by atoms with van der Waals surface area (Å²) in [5.41, 5.74) is 0. The van der Waals surface area contributed by atoms with Crippen molar-refractivity contribution in [2.45, 2.75) is 29.4 Å². The molecule has 1 aliphatic rings. The molecular weight excluding hydrogens is 362 g/mol. The average molecular weight is 380 g/mol. The highest BCUT2D eigenvalue weighted by atomic mass is 79.9. The molecule has 0 atom stereocenters. The first-order valence-corrected chi connectivity index (χ1v) is 9.87. The van der Waals surface area contributed by atoms with Crippen LogP contribution in [-0.2, 0) is 10.0 Å². The maximum absolute atomic E-state index is 12.4. The lowest BCUT2D eigenvalue weighted by Crippen LogP contribution is -2.32. The first-order chi connectivity index (χ1) is 9.42. The van der Waals surface area contributed by atoms with Crippen molar-refractivity contribution in [1.29, 1.82) is 0 Å². The fourth-order valence-electron chi connectivity index (χ4n) is 1.82. The molecular formula is C12H18BrN3O2S2. The molecule has 1 fully saturated rings. The molecule has 0 spiro atoms. The number of hydrogen-bond acceptors (Lipinski definition) is 5. The minimum Gasteiger partial charge on any atom is -0.369 e. The zero-order valence-corrected chi connectivity index (χ0v) is 14.7. The Bertz CT molecular complexity index is 588. The van der Waals surface area contributed by atoms with Crippen LogP contribution in [0.1, 0.15) is 19.8 Å². The molecule has 112 valence electrons. The van der Waals surface area contributed by atoms with Gasteiger partial charge < -0.3 is 5.32 Å². The molecule has 0 amide bonds. The van der Waals surface area contributed by atoms with Crippen LogP contribution < -0.4 is 10.0 Å². The van der Waals surface area contributed by atoms with Crippen LogP contribution in [-0.4, -0.2) is 37.5 Å². The van der Waals surface area contributed by atoms with Crippen LogP contribution in [0.2, 0.25) is 0 Å². The number of thioether (sulfide) groups is 1. The first-order valence-electron chi connectivity index (χ1n) is 6.37. The van der Waals surface area contributed by atoms with E-state index in [4.69, 9.17) is 0 Å². The monoisotopic (exact) mass is 379 g/mol. The standard InChI is InChI=1S/C12H18BrN3O2S2/c1-3-14-11-10(6-9(13)7-15-11)20(17,18)16-8-12(19-2)4-5-12/h6-7,16H,3-5,8H2,1-2H3,(H,14,15). The predicted octanol–water partition coefficient (Wildman–Crippen LogP) is 2.45. The minimum absolute atomic E-state index is 0.0882. The van der Waals surface area contributed by atoms with Gasteiger partial charge in [-0.1, -0.05) is 0 Å². The van der Waals surface area contributed by atoms with E-state index >= 15 is 0 Å². The Morgan fingerprint density at radius 2 is 2.20 bits per heavy atom. The molecule has 2 N–H and O–H groups in total. The molecule has 0 saturated heterocycles. The van der Waals surface area contributed by atoms with Gasteiger partial charge in [0.1, 0.15) is 10.7 Å². The molecule has 5 nitrogen and oxygen atoms in total. The summed E-state index contributed by atoms with van der Waals surface area (Å²) < 4.78 is 28.3. The molecule has 1 aromatic rings. The maximum atomic E-state index is 12.4. The van der Waals surface area contributed by atoms with Crippen molar-refractivity contribution < 1.29 is 8.42 Å².